The van der Waals surface area contributed by atoms with Crippen LogP contribution in [-0.4, -0.2) is 30.9 Å². The third-order valence-corrected chi connectivity index (χ3v) is 3.52. The SMILES string of the molecule is CC(C)CNC(=O)NC(=O)COc1ccc2c(c1)CCCC2=O. The highest BCUT2D eigenvalue weighted by molar-refractivity contribution is 5.98. The predicted molar refractivity (Wildman–Crippen MR) is 85.6 cm³/mol. The molecule has 1 aromatic rings. The van der Waals surface area contributed by atoms with E-state index in [1.54, 1.807) is 18.2 Å². The summed E-state index contributed by atoms with van der Waals surface area (Å²) in [6.45, 7) is 4.18. The smallest absolute Gasteiger partial charge is 0.321 e. The zero-order valence-corrected chi connectivity index (χ0v) is 13.5. The number of carbonyl (C=O) groups excluding carboxylic acids is 3. The number of imide groups is 1. The van der Waals surface area contributed by atoms with Crippen LogP contribution in [0.1, 0.15) is 42.6 Å². The van der Waals surface area contributed by atoms with Gasteiger partial charge in [-0.1, -0.05) is 13.8 Å². The summed E-state index contributed by atoms with van der Waals surface area (Å²) in [7, 11) is 0. The second-order valence-electron chi connectivity index (χ2n) is 6.04. The van der Waals surface area contributed by atoms with E-state index in [2.05, 4.69) is 10.6 Å². The number of amides is 3. The Balaban J connectivity index is 1.83. The number of aryl methyl sites for hydroxylation is 1. The molecular formula is C17H22N2O4. The average Bonchev–Trinajstić information content (AvgIpc) is 2.51. The Morgan fingerprint density at radius 1 is 1.26 bits per heavy atom. The summed E-state index contributed by atoms with van der Waals surface area (Å²) in [5.41, 5.74) is 1.69. The summed E-state index contributed by atoms with van der Waals surface area (Å²) >= 11 is 0. The molecule has 6 heteroatoms. The van der Waals surface area contributed by atoms with Crippen molar-refractivity contribution in [3.63, 3.8) is 0 Å². The van der Waals surface area contributed by atoms with Crippen LogP contribution in [0.3, 0.4) is 0 Å². The molecule has 0 saturated carbocycles. The first-order valence-electron chi connectivity index (χ1n) is 7.82. The fourth-order valence-electron chi connectivity index (χ4n) is 2.37. The van der Waals surface area contributed by atoms with Gasteiger partial charge in [0.05, 0.1) is 0 Å². The number of carbonyl (C=O) groups is 3. The molecule has 2 rings (SSSR count). The number of nitrogens with one attached hydrogen (secondary N) is 2. The molecule has 0 spiro atoms. The van der Waals surface area contributed by atoms with Crippen LogP contribution < -0.4 is 15.4 Å². The van der Waals surface area contributed by atoms with Crippen LogP contribution in [0.5, 0.6) is 5.75 Å². The van der Waals surface area contributed by atoms with Crippen molar-refractivity contribution in [2.45, 2.75) is 33.1 Å². The Kier molecular flexibility index (Phi) is 5.73. The van der Waals surface area contributed by atoms with Crippen LogP contribution in [0, 0.1) is 5.92 Å². The van der Waals surface area contributed by atoms with Crippen molar-refractivity contribution in [1.29, 1.82) is 0 Å². The molecule has 23 heavy (non-hydrogen) atoms. The number of benzene rings is 1. The summed E-state index contributed by atoms with van der Waals surface area (Å²) in [6.07, 6.45) is 2.26. The standard InChI is InChI=1S/C17H22N2O4/c1-11(2)9-18-17(22)19-16(21)10-23-13-6-7-14-12(8-13)4-3-5-15(14)20/h6-8,11H,3-5,9-10H2,1-2H3,(H2,18,19,21,22). The zero-order chi connectivity index (χ0) is 16.8. The van der Waals surface area contributed by atoms with Gasteiger partial charge in [-0.15, -0.1) is 0 Å². The van der Waals surface area contributed by atoms with Gasteiger partial charge in [-0.3, -0.25) is 14.9 Å². The van der Waals surface area contributed by atoms with Crippen molar-refractivity contribution in [3.8, 4) is 5.75 Å². The molecule has 1 aliphatic carbocycles. The number of fused-ring (bicyclic) bond motifs is 1. The third kappa shape index (κ3) is 5.09. The summed E-state index contributed by atoms with van der Waals surface area (Å²) in [4.78, 5) is 34.9. The number of urea groups is 1. The van der Waals surface area contributed by atoms with Crippen LogP contribution in [-0.2, 0) is 11.2 Å². The number of hydrogen-bond acceptors (Lipinski definition) is 4. The molecule has 0 aliphatic heterocycles. The van der Waals surface area contributed by atoms with E-state index in [0.29, 0.717) is 24.6 Å². The second-order valence-corrected chi connectivity index (χ2v) is 6.04. The molecule has 0 atom stereocenters. The Bertz CT molecular complexity index is 611. The molecule has 0 aromatic heterocycles. The molecular weight excluding hydrogens is 296 g/mol. The van der Waals surface area contributed by atoms with Crippen molar-refractivity contribution in [1.82, 2.24) is 10.6 Å². The highest BCUT2D eigenvalue weighted by Gasteiger charge is 2.17. The number of ether oxygens (including phenoxy) is 1. The van der Waals surface area contributed by atoms with Crippen molar-refractivity contribution < 1.29 is 19.1 Å². The van der Waals surface area contributed by atoms with Crippen molar-refractivity contribution >= 4 is 17.7 Å². The maximum atomic E-state index is 11.7. The number of rotatable bonds is 5. The lowest BCUT2D eigenvalue weighted by Crippen LogP contribution is -2.42. The Morgan fingerprint density at radius 2 is 2.04 bits per heavy atom. The number of Topliss-reactive ketones (excluding diaryl/α,β-unsaturated/α-hetero) is 1. The first-order chi connectivity index (χ1) is 11.0. The minimum Gasteiger partial charge on any atom is -0.484 e. The summed E-state index contributed by atoms with van der Waals surface area (Å²) < 4.78 is 5.39. The van der Waals surface area contributed by atoms with E-state index in [0.717, 1.165) is 24.0 Å². The van der Waals surface area contributed by atoms with Crippen LogP contribution in [0.25, 0.3) is 0 Å². The van der Waals surface area contributed by atoms with E-state index in [4.69, 9.17) is 4.74 Å². The summed E-state index contributed by atoms with van der Waals surface area (Å²) in [6, 6.07) is 4.68. The van der Waals surface area contributed by atoms with Gasteiger partial charge in [-0.2, -0.15) is 0 Å². The number of ketones is 1. The highest BCUT2D eigenvalue weighted by Crippen LogP contribution is 2.25. The predicted octanol–water partition coefficient (Wildman–Crippen LogP) is 2.07. The largest absolute Gasteiger partial charge is 0.484 e. The molecule has 3 amide bonds. The fourth-order valence-corrected chi connectivity index (χ4v) is 2.37. The van der Waals surface area contributed by atoms with Crippen molar-refractivity contribution in [2.75, 3.05) is 13.2 Å². The van der Waals surface area contributed by atoms with Gasteiger partial charge >= 0.3 is 6.03 Å². The van der Waals surface area contributed by atoms with Crippen LogP contribution in [0.4, 0.5) is 4.79 Å². The summed E-state index contributed by atoms with van der Waals surface area (Å²) in [5.74, 6) is 0.471. The topological polar surface area (TPSA) is 84.5 Å². The molecule has 1 aliphatic rings. The Hall–Kier alpha value is -2.37. The van der Waals surface area contributed by atoms with Gasteiger partial charge in [0.1, 0.15) is 5.75 Å². The van der Waals surface area contributed by atoms with E-state index >= 15 is 0 Å². The van der Waals surface area contributed by atoms with E-state index in [-0.39, 0.29) is 12.4 Å². The van der Waals surface area contributed by atoms with E-state index in [9.17, 15) is 14.4 Å². The lowest BCUT2D eigenvalue weighted by atomic mass is 9.91. The maximum Gasteiger partial charge on any atom is 0.321 e. The van der Waals surface area contributed by atoms with E-state index in [1.165, 1.54) is 0 Å². The monoisotopic (exact) mass is 318 g/mol. The van der Waals surface area contributed by atoms with Gasteiger partial charge in [0.15, 0.2) is 12.4 Å². The lowest BCUT2D eigenvalue weighted by Gasteiger charge is -2.16. The zero-order valence-electron chi connectivity index (χ0n) is 13.5. The molecule has 6 nitrogen and oxygen atoms in total. The minimum absolute atomic E-state index is 0.150. The highest BCUT2D eigenvalue weighted by atomic mass is 16.5. The van der Waals surface area contributed by atoms with E-state index in [1.807, 2.05) is 13.8 Å². The van der Waals surface area contributed by atoms with Gasteiger partial charge < -0.3 is 10.1 Å². The molecule has 1 aromatic carbocycles. The van der Waals surface area contributed by atoms with Crippen LogP contribution in [0.15, 0.2) is 18.2 Å². The van der Waals surface area contributed by atoms with Gasteiger partial charge in [0.25, 0.3) is 5.91 Å². The molecule has 124 valence electrons. The maximum absolute atomic E-state index is 11.7. The minimum atomic E-state index is -0.525. The molecule has 0 fully saturated rings. The molecule has 0 bridgehead atoms. The second kappa shape index (κ2) is 7.76. The molecule has 2 N–H and O–H groups in total. The van der Waals surface area contributed by atoms with Crippen molar-refractivity contribution in [2.24, 2.45) is 5.92 Å². The number of hydrogen-bond donors (Lipinski definition) is 2. The molecule has 0 unspecified atom stereocenters. The molecule has 0 radical (unpaired) electrons. The van der Waals surface area contributed by atoms with Gasteiger partial charge in [0.2, 0.25) is 0 Å². The van der Waals surface area contributed by atoms with Gasteiger partial charge in [0, 0.05) is 18.5 Å². The Morgan fingerprint density at radius 3 is 2.78 bits per heavy atom. The molecule has 0 heterocycles. The molecule has 0 saturated heterocycles. The first-order valence-corrected chi connectivity index (χ1v) is 7.82. The fraction of sp³-hybridized carbons (Fsp3) is 0.471. The van der Waals surface area contributed by atoms with Crippen LogP contribution in [0.2, 0.25) is 0 Å². The Labute approximate surface area is 135 Å². The van der Waals surface area contributed by atoms with E-state index < -0.39 is 11.9 Å². The quantitative estimate of drug-likeness (QED) is 0.870. The van der Waals surface area contributed by atoms with Crippen molar-refractivity contribution in [3.05, 3.63) is 29.3 Å². The average molecular weight is 318 g/mol. The van der Waals surface area contributed by atoms with Gasteiger partial charge in [-0.25, -0.2) is 4.79 Å². The summed E-state index contributed by atoms with van der Waals surface area (Å²) in [5, 5.41) is 4.80. The van der Waals surface area contributed by atoms with Crippen LogP contribution >= 0.6 is 0 Å². The van der Waals surface area contributed by atoms with Gasteiger partial charge in [-0.05, 0) is 42.5 Å². The normalized spacial score (nSPS) is 13.4. The third-order valence-electron chi connectivity index (χ3n) is 3.52. The first kappa shape index (κ1) is 17.0. The lowest BCUT2D eigenvalue weighted by molar-refractivity contribution is -0.122.